The fourth-order valence-corrected chi connectivity index (χ4v) is 2.49. The lowest BCUT2D eigenvalue weighted by molar-refractivity contribution is -0.126. The molecule has 0 atom stereocenters. The summed E-state index contributed by atoms with van der Waals surface area (Å²) in [7, 11) is 0. The monoisotopic (exact) mass is 226 g/mol. The highest BCUT2D eigenvalue weighted by Crippen LogP contribution is 2.45. The van der Waals surface area contributed by atoms with E-state index in [0.29, 0.717) is 11.3 Å². The summed E-state index contributed by atoms with van der Waals surface area (Å²) in [6.45, 7) is 8.78. The largest absolute Gasteiger partial charge is 0.354 e. The maximum atomic E-state index is 11.7. The van der Waals surface area contributed by atoms with E-state index in [-0.39, 0.29) is 5.91 Å². The van der Waals surface area contributed by atoms with Gasteiger partial charge in [0, 0.05) is 6.54 Å². The first-order valence-corrected chi connectivity index (χ1v) is 6.32. The Balaban J connectivity index is 2.43. The second-order valence-electron chi connectivity index (χ2n) is 6.36. The molecule has 1 saturated carbocycles. The van der Waals surface area contributed by atoms with E-state index in [1.54, 1.807) is 13.8 Å². The molecule has 1 rings (SSSR count). The first kappa shape index (κ1) is 13.5. The van der Waals surface area contributed by atoms with Gasteiger partial charge in [-0.1, -0.05) is 20.3 Å². The van der Waals surface area contributed by atoms with E-state index in [1.165, 1.54) is 25.7 Å². The van der Waals surface area contributed by atoms with E-state index < -0.39 is 5.54 Å². The van der Waals surface area contributed by atoms with Crippen molar-refractivity contribution in [3.8, 4) is 0 Å². The zero-order valence-corrected chi connectivity index (χ0v) is 11.1. The quantitative estimate of drug-likeness (QED) is 0.754. The van der Waals surface area contributed by atoms with Crippen LogP contribution >= 0.6 is 0 Å². The van der Waals surface area contributed by atoms with Gasteiger partial charge in [0.2, 0.25) is 5.91 Å². The van der Waals surface area contributed by atoms with Crippen molar-refractivity contribution in [1.82, 2.24) is 5.32 Å². The molecule has 0 aromatic carbocycles. The third kappa shape index (κ3) is 3.48. The van der Waals surface area contributed by atoms with Crippen LogP contribution in [0.3, 0.4) is 0 Å². The molecule has 3 N–H and O–H groups in total. The molecule has 0 unspecified atom stereocenters. The highest BCUT2D eigenvalue weighted by molar-refractivity contribution is 5.85. The van der Waals surface area contributed by atoms with Crippen LogP contribution in [0.25, 0.3) is 0 Å². The molecule has 0 saturated heterocycles. The molecule has 1 amide bonds. The normalized spacial score (nSPS) is 19.4. The summed E-state index contributed by atoms with van der Waals surface area (Å²) in [6, 6.07) is 0. The number of hydrogen-bond acceptors (Lipinski definition) is 2. The summed E-state index contributed by atoms with van der Waals surface area (Å²) >= 11 is 0. The van der Waals surface area contributed by atoms with Crippen molar-refractivity contribution in [3.05, 3.63) is 0 Å². The molecule has 0 aromatic rings. The van der Waals surface area contributed by atoms with E-state index in [9.17, 15) is 4.79 Å². The lowest BCUT2D eigenvalue weighted by Gasteiger charge is -2.43. The lowest BCUT2D eigenvalue weighted by Crippen LogP contribution is -2.52. The minimum Gasteiger partial charge on any atom is -0.354 e. The van der Waals surface area contributed by atoms with Gasteiger partial charge in [-0.05, 0) is 44.4 Å². The van der Waals surface area contributed by atoms with Gasteiger partial charge in [-0.15, -0.1) is 0 Å². The van der Waals surface area contributed by atoms with Gasteiger partial charge in [0.25, 0.3) is 0 Å². The number of hydrogen-bond donors (Lipinski definition) is 2. The lowest BCUT2D eigenvalue weighted by atomic mass is 9.64. The zero-order valence-electron chi connectivity index (χ0n) is 11.1. The van der Waals surface area contributed by atoms with Crippen molar-refractivity contribution < 1.29 is 4.79 Å². The van der Waals surface area contributed by atoms with E-state index in [2.05, 4.69) is 19.2 Å². The molecule has 0 spiro atoms. The van der Waals surface area contributed by atoms with Crippen LogP contribution in [-0.4, -0.2) is 18.0 Å². The Labute approximate surface area is 99.2 Å². The molecule has 0 aliphatic heterocycles. The fourth-order valence-electron chi connectivity index (χ4n) is 2.49. The average Bonchev–Trinajstić information content (AvgIpc) is 2.06. The van der Waals surface area contributed by atoms with Crippen molar-refractivity contribution in [3.63, 3.8) is 0 Å². The number of carbonyl (C=O) groups is 1. The van der Waals surface area contributed by atoms with E-state index in [1.807, 2.05) is 0 Å². The molecule has 1 aliphatic rings. The number of carbonyl (C=O) groups excluding carboxylic acids is 1. The number of amides is 1. The maximum Gasteiger partial charge on any atom is 0.239 e. The smallest absolute Gasteiger partial charge is 0.239 e. The van der Waals surface area contributed by atoms with Gasteiger partial charge < -0.3 is 11.1 Å². The molecule has 3 heteroatoms. The molecule has 1 aliphatic carbocycles. The van der Waals surface area contributed by atoms with Crippen molar-refractivity contribution in [2.45, 2.75) is 58.9 Å². The van der Waals surface area contributed by atoms with Gasteiger partial charge in [0.05, 0.1) is 5.54 Å². The SMILES string of the molecule is CC(C)CC1(CNC(=O)C(C)(C)N)CCC1. The molecule has 3 nitrogen and oxygen atoms in total. The first-order valence-electron chi connectivity index (χ1n) is 6.32. The Bertz CT molecular complexity index is 249. The highest BCUT2D eigenvalue weighted by atomic mass is 16.2. The Kier molecular flexibility index (Phi) is 4.00. The standard InChI is InChI=1S/C13H26N2O/c1-10(2)8-13(6-5-7-13)9-15-11(16)12(3,4)14/h10H,5-9,14H2,1-4H3,(H,15,16). The molecule has 16 heavy (non-hydrogen) atoms. The third-order valence-corrected chi connectivity index (χ3v) is 3.46. The van der Waals surface area contributed by atoms with Crippen LogP contribution in [0.4, 0.5) is 0 Å². The van der Waals surface area contributed by atoms with Crippen LogP contribution in [0.1, 0.15) is 53.4 Å². The highest BCUT2D eigenvalue weighted by Gasteiger charge is 2.38. The van der Waals surface area contributed by atoms with Crippen molar-refractivity contribution in [2.24, 2.45) is 17.1 Å². The second-order valence-corrected chi connectivity index (χ2v) is 6.36. The van der Waals surface area contributed by atoms with Crippen molar-refractivity contribution >= 4 is 5.91 Å². The Hall–Kier alpha value is -0.570. The van der Waals surface area contributed by atoms with Gasteiger partial charge in [-0.2, -0.15) is 0 Å². The summed E-state index contributed by atoms with van der Waals surface area (Å²) in [5.41, 5.74) is 5.35. The summed E-state index contributed by atoms with van der Waals surface area (Å²) in [4.78, 5) is 11.7. The van der Waals surface area contributed by atoms with Crippen LogP contribution in [0.2, 0.25) is 0 Å². The number of rotatable bonds is 5. The molecule has 94 valence electrons. The summed E-state index contributed by atoms with van der Waals surface area (Å²) < 4.78 is 0. The van der Waals surface area contributed by atoms with Crippen LogP contribution in [-0.2, 0) is 4.79 Å². The van der Waals surface area contributed by atoms with E-state index in [0.717, 1.165) is 6.54 Å². The molecule has 1 fully saturated rings. The molecule has 0 bridgehead atoms. The van der Waals surface area contributed by atoms with E-state index in [4.69, 9.17) is 5.73 Å². The maximum absolute atomic E-state index is 11.7. The van der Waals surface area contributed by atoms with Gasteiger partial charge in [-0.25, -0.2) is 0 Å². The van der Waals surface area contributed by atoms with Crippen molar-refractivity contribution in [2.75, 3.05) is 6.54 Å². The molecule has 0 heterocycles. The minimum atomic E-state index is -0.761. The zero-order chi connectivity index (χ0) is 12.4. The topological polar surface area (TPSA) is 55.1 Å². The Morgan fingerprint density at radius 1 is 1.44 bits per heavy atom. The molecular formula is C13H26N2O. The predicted octanol–water partition coefficient (Wildman–Crippen LogP) is 2.06. The number of nitrogens with one attached hydrogen (secondary N) is 1. The Morgan fingerprint density at radius 3 is 2.31 bits per heavy atom. The minimum absolute atomic E-state index is 0.0393. The van der Waals surface area contributed by atoms with Crippen LogP contribution in [0.5, 0.6) is 0 Å². The predicted molar refractivity (Wildman–Crippen MR) is 67.0 cm³/mol. The van der Waals surface area contributed by atoms with Gasteiger partial charge in [-0.3, -0.25) is 4.79 Å². The van der Waals surface area contributed by atoms with E-state index >= 15 is 0 Å². The molecule has 0 aromatic heterocycles. The second kappa shape index (κ2) is 4.74. The van der Waals surface area contributed by atoms with Gasteiger partial charge >= 0.3 is 0 Å². The first-order chi connectivity index (χ1) is 7.25. The van der Waals surface area contributed by atoms with Crippen LogP contribution in [0, 0.1) is 11.3 Å². The summed E-state index contributed by atoms with van der Waals surface area (Å²) in [5.74, 6) is 0.658. The van der Waals surface area contributed by atoms with Gasteiger partial charge in [0.1, 0.15) is 0 Å². The molecular weight excluding hydrogens is 200 g/mol. The van der Waals surface area contributed by atoms with Crippen LogP contribution in [0.15, 0.2) is 0 Å². The molecule has 0 radical (unpaired) electrons. The summed E-state index contributed by atoms with van der Waals surface area (Å²) in [6.07, 6.45) is 5.00. The van der Waals surface area contributed by atoms with Gasteiger partial charge in [0.15, 0.2) is 0 Å². The number of nitrogens with two attached hydrogens (primary N) is 1. The summed E-state index contributed by atoms with van der Waals surface area (Å²) in [5, 5.41) is 3.01. The van der Waals surface area contributed by atoms with Crippen molar-refractivity contribution in [1.29, 1.82) is 0 Å². The third-order valence-electron chi connectivity index (χ3n) is 3.46. The Morgan fingerprint density at radius 2 is 2.00 bits per heavy atom. The fraction of sp³-hybridized carbons (Fsp3) is 0.923. The average molecular weight is 226 g/mol. The van der Waals surface area contributed by atoms with Crippen LogP contribution < -0.4 is 11.1 Å².